The van der Waals surface area contributed by atoms with Crippen LogP contribution in [0.25, 0.3) is 0 Å². The molecule has 2 N–H and O–H groups in total. The first-order valence-corrected chi connectivity index (χ1v) is 6.62. The van der Waals surface area contributed by atoms with E-state index < -0.39 is 11.9 Å². The van der Waals surface area contributed by atoms with Gasteiger partial charge in [0.05, 0.1) is 17.9 Å². The third-order valence-electron chi connectivity index (χ3n) is 3.65. The molecule has 1 aromatic carbocycles. The maximum absolute atomic E-state index is 12.0. The molecule has 4 heteroatoms. The number of aryl methyl sites for hydroxylation is 1. The van der Waals surface area contributed by atoms with Gasteiger partial charge in [-0.2, -0.15) is 0 Å². The maximum Gasteiger partial charge on any atom is 0.307 e. The third kappa shape index (κ3) is 3.13. The Kier molecular flexibility index (Phi) is 3.88. The van der Waals surface area contributed by atoms with Gasteiger partial charge in [0.15, 0.2) is 0 Å². The molecule has 0 aromatic heterocycles. The second-order valence-electron chi connectivity index (χ2n) is 5.17. The van der Waals surface area contributed by atoms with Crippen LogP contribution in [0, 0.1) is 18.8 Å². The van der Waals surface area contributed by atoms with Gasteiger partial charge in [0.2, 0.25) is 5.91 Å². The van der Waals surface area contributed by atoms with Gasteiger partial charge in [-0.3, -0.25) is 9.59 Å². The normalized spacial score (nSPS) is 22.6. The Morgan fingerprint density at radius 3 is 2.42 bits per heavy atom. The molecule has 1 fully saturated rings. The first-order chi connectivity index (χ1) is 9.02. The largest absolute Gasteiger partial charge is 0.481 e. The van der Waals surface area contributed by atoms with E-state index in [0.29, 0.717) is 6.42 Å². The van der Waals surface area contributed by atoms with Gasteiger partial charge in [0.1, 0.15) is 0 Å². The van der Waals surface area contributed by atoms with E-state index in [2.05, 4.69) is 5.32 Å². The quantitative estimate of drug-likeness (QED) is 0.854. The van der Waals surface area contributed by atoms with Crippen LogP contribution < -0.4 is 5.32 Å². The highest BCUT2D eigenvalue weighted by Gasteiger charge is 2.48. The number of carbonyl (C=O) groups excluding carboxylic acids is 1. The number of rotatable bonds is 5. The predicted molar refractivity (Wildman–Crippen MR) is 71.6 cm³/mol. The average molecular weight is 261 g/mol. The Hall–Kier alpha value is -1.84. The number of amides is 1. The van der Waals surface area contributed by atoms with E-state index in [9.17, 15) is 9.59 Å². The van der Waals surface area contributed by atoms with Crippen molar-refractivity contribution in [3.05, 3.63) is 35.4 Å². The van der Waals surface area contributed by atoms with Crippen LogP contribution in [0.3, 0.4) is 0 Å². The lowest BCUT2D eigenvalue weighted by atomic mass is 10.0. The molecule has 0 heterocycles. The Balaban J connectivity index is 1.98. The third-order valence-corrected chi connectivity index (χ3v) is 3.65. The van der Waals surface area contributed by atoms with Gasteiger partial charge < -0.3 is 10.4 Å². The lowest BCUT2D eigenvalue weighted by molar-refractivity contribution is -0.140. The summed E-state index contributed by atoms with van der Waals surface area (Å²) in [5, 5.41) is 11.8. The summed E-state index contributed by atoms with van der Waals surface area (Å²) in [6.45, 7) is 4.03. The zero-order chi connectivity index (χ0) is 14.0. The number of aliphatic carboxylic acids is 1. The molecule has 102 valence electrons. The number of carboxylic acid groups (broad SMARTS) is 1. The molecule has 0 radical (unpaired) electrons. The number of hydrogen-bond acceptors (Lipinski definition) is 2. The van der Waals surface area contributed by atoms with Gasteiger partial charge in [0.25, 0.3) is 0 Å². The van der Waals surface area contributed by atoms with Crippen LogP contribution in [-0.4, -0.2) is 17.0 Å². The molecular formula is C15H19NO3. The molecule has 1 aromatic rings. The highest BCUT2D eigenvalue weighted by atomic mass is 16.4. The van der Waals surface area contributed by atoms with Crippen molar-refractivity contribution in [2.45, 2.75) is 32.7 Å². The highest BCUT2D eigenvalue weighted by Crippen LogP contribution is 2.39. The standard InChI is InChI=1S/C15H19NO3/c1-3-13(10-6-4-9(2)5-7-10)16-14(17)11-8-12(11)15(18)19/h4-7,11-13H,3,8H2,1-2H3,(H,16,17)(H,18,19)/t11-,12+,13?/m1/s1. The number of nitrogens with one attached hydrogen (secondary N) is 1. The fourth-order valence-electron chi connectivity index (χ4n) is 2.26. The Morgan fingerprint density at radius 2 is 1.95 bits per heavy atom. The van der Waals surface area contributed by atoms with Crippen LogP contribution in [0.15, 0.2) is 24.3 Å². The average Bonchev–Trinajstić information content (AvgIpc) is 3.17. The molecule has 0 aliphatic heterocycles. The van der Waals surface area contributed by atoms with Crippen LogP contribution in [0.4, 0.5) is 0 Å². The first-order valence-electron chi connectivity index (χ1n) is 6.62. The monoisotopic (exact) mass is 261 g/mol. The summed E-state index contributed by atoms with van der Waals surface area (Å²) in [6, 6.07) is 8.00. The summed E-state index contributed by atoms with van der Waals surface area (Å²) in [5.41, 5.74) is 2.24. The number of hydrogen-bond donors (Lipinski definition) is 2. The molecule has 0 bridgehead atoms. The summed E-state index contributed by atoms with van der Waals surface area (Å²) in [7, 11) is 0. The van der Waals surface area contributed by atoms with E-state index in [1.807, 2.05) is 38.1 Å². The fraction of sp³-hybridized carbons (Fsp3) is 0.467. The van der Waals surface area contributed by atoms with Crippen molar-refractivity contribution < 1.29 is 14.7 Å². The molecule has 3 atom stereocenters. The van der Waals surface area contributed by atoms with Gasteiger partial charge in [-0.05, 0) is 25.3 Å². The van der Waals surface area contributed by atoms with Crippen molar-refractivity contribution in [1.82, 2.24) is 5.32 Å². The second kappa shape index (κ2) is 5.43. The van der Waals surface area contributed by atoms with Crippen LogP contribution in [0.1, 0.15) is 36.9 Å². The lowest BCUT2D eigenvalue weighted by Crippen LogP contribution is -2.30. The van der Waals surface area contributed by atoms with E-state index in [0.717, 1.165) is 12.0 Å². The van der Waals surface area contributed by atoms with E-state index in [4.69, 9.17) is 5.11 Å². The Labute approximate surface area is 112 Å². The molecule has 0 saturated heterocycles. The van der Waals surface area contributed by atoms with Gasteiger partial charge in [-0.25, -0.2) is 0 Å². The minimum atomic E-state index is -0.872. The summed E-state index contributed by atoms with van der Waals surface area (Å²) in [6.07, 6.45) is 1.25. The van der Waals surface area contributed by atoms with Gasteiger partial charge in [-0.1, -0.05) is 36.8 Å². The molecule has 1 aliphatic rings. The topological polar surface area (TPSA) is 66.4 Å². The van der Waals surface area contributed by atoms with Crippen molar-refractivity contribution in [2.75, 3.05) is 0 Å². The van der Waals surface area contributed by atoms with Gasteiger partial charge in [-0.15, -0.1) is 0 Å². The molecular weight excluding hydrogens is 242 g/mol. The second-order valence-corrected chi connectivity index (χ2v) is 5.17. The Morgan fingerprint density at radius 1 is 1.32 bits per heavy atom. The summed E-state index contributed by atoms with van der Waals surface area (Å²) >= 11 is 0. The van der Waals surface area contributed by atoms with E-state index in [1.165, 1.54) is 5.56 Å². The predicted octanol–water partition coefficient (Wildman–Crippen LogP) is 2.28. The van der Waals surface area contributed by atoms with Gasteiger partial charge in [0, 0.05) is 0 Å². The molecule has 1 saturated carbocycles. The smallest absolute Gasteiger partial charge is 0.307 e. The first kappa shape index (κ1) is 13.6. The molecule has 1 aliphatic carbocycles. The van der Waals surface area contributed by atoms with Crippen molar-refractivity contribution in [3.8, 4) is 0 Å². The lowest BCUT2D eigenvalue weighted by Gasteiger charge is -2.17. The molecule has 19 heavy (non-hydrogen) atoms. The Bertz CT molecular complexity index is 481. The minimum Gasteiger partial charge on any atom is -0.481 e. The summed E-state index contributed by atoms with van der Waals surface area (Å²) in [5.74, 6) is -1.85. The molecule has 2 rings (SSSR count). The van der Waals surface area contributed by atoms with Crippen LogP contribution in [-0.2, 0) is 9.59 Å². The number of carbonyl (C=O) groups is 2. The fourth-order valence-corrected chi connectivity index (χ4v) is 2.26. The van der Waals surface area contributed by atoms with Gasteiger partial charge >= 0.3 is 5.97 Å². The van der Waals surface area contributed by atoms with Crippen molar-refractivity contribution in [2.24, 2.45) is 11.8 Å². The van der Waals surface area contributed by atoms with Crippen LogP contribution in [0.5, 0.6) is 0 Å². The van der Waals surface area contributed by atoms with Crippen molar-refractivity contribution in [1.29, 1.82) is 0 Å². The van der Waals surface area contributed by atoms with E-state index in [-0.39, 0.29) is 17.9 Å². The zero-order valence-corrected chi connectivity index (χ0v) is 11.2. The summed E-state index contributed by atoms with van der Waals surface area (Å²) in [4.78, 5) is 22.7. The molecule has 1 amide bonds. The summed E-state index contributed by atoms with van der Waals surface area (Å²) < 4.78 is 0. The van der Waals surface area contributed by atoms with Crippen molar-refractivity contribution in [3.63, 3.8) is 0 Å². The zero-order valence-electron chi connectivity index (χ0n) is 11.2. The maximum atomic E-state index is 12.0. The van der Waals surface area contributed by atoms with E-state index >= 15 is 0 Å². The SMILES string of the molecule is CCC(NC(=O)[C@@H]1C[C@@H]1C(=O)O)c1ccc(C)cc1. The highest BCUT2D eigenvalue weighted by molar-refractivity contribution is 5.89. The molecule has 1 unspecified atom stereocenters. The van der Waals surface area contributed by atoms with Crippen molar-refractivity contribution >= 4 is 11.9 Å². The van der Waals surface area contributed by atoms with Crippen LogP contribution in [0.2, 0.25) is 0 Å². The minimum absolute atomic E-state index is 0.0388. The van der Waals surface area contributed by atoms with E-state index in [1.54, 1.807) is 0 Å². The number of benzene rings is 1. The molecule has 4 nitrogen and oxygen atoms in total. The molecule has 0 spiro atoms. The number of carboxylic acids is 1. The van der Waals surface area contributed by atoms with Crippen LogP contribution >= 0.6 is 0 Å².